The topological polar surface area (TPSA) is 35.2 Å². The van der Waals surface area contributed by atoms with Gasteiger partial charge in [-0.2, -0.15) is 8.78 Å². The van der Waals surface area contributed by atoms with Gasteiger partial charge < -0.3 is 10.5 Å². The SMILES string of the molecule is Cc1ccc(C)c(Sc2cc(OC(F)F)c(F)cc2N)c1. The number of rotatable bonds is 4. The second-order valence-corrected chi connectivity index (χ2v) is 5.65. The summed E-state index contributed by atoms with van der Waals surface area (Å²) in [5.41, 5.74) is 8.02. The van der Waals surface area contributed by atoms with E-state index in [1.54, 1.807) is 0 Å². The van der Waals surface area contributed by atoms with Crippen LogP contribution in [0.3, 0.4) is 0 Å². The molecule has 2 aromatic rings. The number of hydrogen-bond donors (Lipinski definition) is 1. The molecule has 0 aliphatic carbocycles. The van der Waals surface area contributed by atoms with E-state index in [1.807, 2.05) is 32.0 Å². The van der Waals surface area contributed by atoms with E-state index in [9.17, 15) is 13.2 Å². The number of benzene rings is 2. The van der Waals surface area contributed by atoms with Gasteiger partial charge in [-0.25, -0.2) is 4.39 Å². The van der Waals surface area contributed by atoms with Crippen molar-refractivity contribution < 1.29 is 17.9 Å². The standard InChI is InChI=1S/C15H14F3NOS/c1-8-3-4-9(2)13(5-8)21-14-7-12(20-15(17)18)10(16)6-11(14)19/h3-7,15H,19H2,1-2H3. The van der Waals surface area contributed by atoms with E-state index < -0.39 is 18.2 Å². The van der Waals surface area contributed by atoms with Crippen LogP contribution in [-0.4, -0.2) is 6.61 Å². The van der Waals surface area contributed by atoms with Gasteiger partial charge in [-0.1, -0.05) is 23.9 Å². The molecule has 2 nitrogen and oxygen atoms in total. The Kier molecular flexibility index (Phi) is 4.67. The van der Waals surface area contributed by atoms with Crippen molar-refractivity contribution in [1.82, 2.24) is 0 Å². The van der Waals surface area contributed by atoms with Crippen molar-refractivity contribution in [3.63, 3.8) is 0 Å². The van der Waals surface area contributed by atoms with Crippen LogP contribution in [0.25, 0.3) is 0 Å². The quantitative estimate of drug-likeness (QED) is 0.825. The van der Waals surface area contributed by atoms with E-state index >= 15 is 0 Å². The van der Waals surface area contributed by atoms with E-state index in [2.05, 4.69) is 4.74 Å². The van der Waals surface area contributed by atoms with Crippen LogP contribution in [0.1, 0.15) is 11.1 Å². The summed E-state index contributed by atoms with van der Waals surface area (Å²) in [5, 5.41) is 0. The number of nitrogen functional groups attached to an aromatic ring is 1. The Hall–Kier alpha value is -1.82. The summed E-state index contributed by atoms with van der Waals surface area (Å²) in [7, 11) is 0. The van der Waals surface area contributed by atoms with Crippen LogP contribution in [0.4, 0.5) is 18.9 Å². The molecule has 0 saturated heterocycles. The molecule has 21 heavy (non-hydrogen) atoms. The van der Waals surface area contributed by atoms with Gasteiger partial charge in [0.05, 0.1) is 0 Å². The largest absolute Gasteiger partial charge is 0.432 e. The third kappa shape index (κ3) is 3.85. The number of ether oxygens (including phenoxy) is 1. The molecule has 0 aliphatic heterocycles. The molecule has 112 valence electrons. The van der Waals surface area contributed by atoms with Crippen molar-refractivity contribution in [3.05, 3.63) is 47.3 Å². The molecule has 0 atom stereocenters. The number of aryl methyl sites for hydroxylation is 2. The fraction of sp³-hybridized carbons (Fsp3) is 0.200. The first-order valence-corrected chi connectivity index (χ1v) is 6.97. The Balaban J connectivity index is 2.37. The first-order chi connectivity index (χ1) is 9.86. The highest BCUT2D eigenvalue weighted by atomic mass is 32.2. The van der Waals surface area contributed by atoms with E-state index in [4.69, 9.17) is 5.73 Å². The number of halogens is 3. The highest BCUT2D eigenvalue weighted by Crippen LogP contribution is 2.38. The molecule has 0 fully saturated rings. The van der Waals surface area contributed by atoms with Crippen molar-refractivity contribution in [3.8, 4) is 5.75 Å². The zero-order valence-electron chi connectivity index (χ0n) is 11.5. The van der Waals surface area contributed by atoms with Gasteiger partial charge in [-0.05, 0) is 37.1 Å². The smallest absolute Gasteiger partial charge is 0.387 e. The predicted octanol–water partition coefficient (Wildman–Crippen LogP) is 4.78. The van der Waals surface area contributed by atoms with Gasteiger partial charge in [0.15, 0.2) is 11.6 Å². The molecule has 0 unspecified atom stereocenters. The van der Waals surface area contributed by atoms with E-state index in [0.29, 0.717) is 4.90 Å². The maximum absolute atomic E-state index is 13.5. The fourth-order valence-electron chi connectivity index (χ4n) is 1.76. The van der Waals surface area contributed by atoms with Gasteiger partial charge >= 0.3 is 6.61 Å². The van der Waals surface area contributed by atoms with Crippen LogP contribution in [0.5, 0.6) is 5.75 Å². The molecule has 0 amide bonds. The van der Waals surface area contributed by atoms with Crippen LogP contribution >= 0.6 is 11.8 Å². The lowest BCUT2D eigenvalue weighted by Crippen LogP contribution is -2.04. The zero-order valence-corrected chi connectivity index (χ0v) is 12.3. The molecule has 0 saturated carbocycles. The molecular weight excluding hydrogens is 299 g/mol. The van der Waals surface area contributed by atoms with E-state index in [0.717, 1.165) is 22.1 Å². The number of hydrogen-bond acceptors (Lipinski definition) is 3. The maximum atomic E-state index is 13.5. The third-order valence-electron chi connectivity index (χ3n) is 2.84. The molecular formula is C15H14F3NOS. The summed E-state index contributed by atoms with van der Waals surface area (Å²) in [6, 6.07) is 8.07. The minimum atomic E-state index is -3.08. The lowest BCUT2D eigenvalue weighted by Gasteiger charge is -2.12. The molecule has 2 rings (SSSR count). The second-order valence-electron chi connectivity index (χ2n) is 4.57. The number of anilines is 1. The van der Waals surface area contributed by atoms with E-state index in [-0.39, 0.29) is 5.69 Å². The highest BCUT2D eigenvalue weighted by molar-refractivity contribution is 7.99. The summed E-state index contributed by atoms with van der Waals surface area (Å²) in [5.74, 6) is -1.41. The predicted molar refractivity (Wildman–Crippen MR) is 77.5 cm³/mol. The molecule has 0 radical (unpaired) electrons. The highest BCUT2D eigenvalue weighted by Gasteiger charge is 2.14. The van der Waals surface area contributed by atoms with Crippen LogP contribution in [0.2, 0.25) is 0 Å². The molecule has 2 N–H and O–H groups in total. The second kappa shape index (κ2) is 6.30. The van der Waals surface area contributed by atoms with Gasteiger partial charge in [-0.3, -0.25) is 0 Å². The molecule has 0 aromatic heterocycles. The average molecular weight is 313 g/mol. The van der Waals surface area contributed by atoms with Crippen molar-refractivity contribution in [1.29, 1.82) is 0 Å². The molecule has 0 heterocycles. The fourth-order valence-corrected chi connectivity index (χ4v) is 2.81. The lowest BCUT2D eigenvalue weighted by molar-refractivity contribution is -0.0523. The van der Waals surface area contributed by atoms with Gasteiger partial charge in [0, 0.05) is 21.5 Å². The lowest BCUT2D eigenvalue weighted by atomic mass is 10.2. The molecule has 6 heteroatoms. The first kappa shape index (κ1) is 15.6. The Morgan fingerprint density at radius 3 is 2.48 bits per heavy atom. The summed E-state index contributed by atoms with van der Waals surface area (Å²) < 4.78 is 42.2. The van der Waals surface area contributed by atoms with Crippen molar-refractivity contribution in [2.75, 3.05) is 5.73 Å². The van der Waals surface area contributed by atoms with Crippen molar-refractivity contribution >= 4 is 17.4 Å². The van der Waals surface area contributed by atoms with Crippen LogP contribution in [-0.2, 0) is 0 Å². The van der Waals surface area contributed by atoms with Crippen molar-refractivity contribution in [2.45, 2.75) is 30.2 Å². The van der Waals surface area contributed by atoms with Crippen LogP contribution in [0.15, 0.2) is 40.1 Å². The average Bonchev–Trinajstić information content (AvgIpc) is 2.39. The molecule has 0 spiro atoms. The molecule has 0 aliphatic rings. The van der Waals surface area contributed by atoms with E-state index in [1.165, 1.54) is 17.8 Å². The Morgan fingerprint density at radius 2 is 1.81 bits per heavy atom. The maximum Gasteiger partial charge on any atom is 0.387 e. The van der Waals surface area contributed by atoms with Crippen LogP contribution in [0, 0.1) is 19.7 Å². The minimum Gasteiger partial charge on any atom is -0.432 e. The summed E-state index contributed by atoms with van der Waals surface area (Å²) in [4.78, 5) is 1.40. The summed E-state index contributed by atoms with van der Waals surface area (Å²) >= 11 is 1.29. The van der Waals surface area contributed by atoms with Gasteiger partial charge in [0.25, 0.3) is 0 Å². The molecule has 2 aromatic carbocycles. The van der Waals surface area contributed by atoms with Crippen LogP contribution < -0.4 is 10.5 Å². The Labute approximate surface area is 125 Å². The van der Waals surface area contributed by atoms with Crippen molar-refractivity contribution in [2.24, 2.45) is 0 Å². The van der Waals surface area contributed by atoms with Gasteiger partial charge in [-0.15, -0.1) is 0 Å². The minimum absolute atomic E-state index is 0.181. The number of nitrogens with two attached hydrogens (primary N) is 1. The molecule has 0 bridgehead atoms. The first-order valence-electron chi connectivity index (χ1n) is 6.15. The Bertz CT molecular complexity index is 662. The summed E-state index contributed by atoms with van der Waals surface area (Å²) in [6.07, 6.45) is 0. The number of alkyl halides is 2. The van der Waals surface area contributed by atoms with Gasteiger partial charge in [0.1, 0.15) is 0 Å². The summed E-state index contributed by atoms with van der Waals surface area (Å²) in [6.45, 7) is 0.794. The monoisotopic (exact) mass is 313 g/mol. The normalized spacial score (nSPS) is 11.0. The zero-order chi connectivity index (χ0) is 15.6. The van der Waals surface area contributed by atoms with Gasteiger partial charge in [0.2, 0.25) is 0 Å². The Morgan fingerprint density at radius 1 is 1.10 bits per heavy atom. The third-order valence-corrected chi connectivity index (χ3v) is 4.08.